The van der Waals surface area contributed by atoms with Gasteiger partial charge in [0.05, 0.1) is 4.92 Å². The number of non-ortho nitro benzene ring substituents is 1. The average Bonchev–Trinajstić information content (AvgIpc) is 2.85. The van der Waals surface area contributed by atoms with Crippen LogP contribution < -0.4 is 5.32 Å². The molecule has 0 spiro atoms. The standard InChI is InChI=1S/C13H14BrClN2O3/c14-7-8-2-1-3-12(8)16-13(18)9-4-10(15)6-11(5-9)17(19)20/h4-6,8,12H,1-3,7H2,(H,16,18). The van der Waals surface area contributed by atoms with Crippen molar-refractivity contribution in [1.82, 2.24) is 5.32 Å². The predicted octanol–water partition coefficient (Wildman–Crippen LogP) is 3.54. The van der Waals surface area contributed by atoms with Crippen molar-refractivity contribution in [3.05, 3.63) is 38.9 Å². The number of benzene rings is 1. The summed E-state index contributed by atoms with van der Waals surface area (Å²) in [6, 6.07) is 4.04. The van der Waals surface area contributed by atoms with E-state index in [4.69, 9.17) is 11.6 Å². The molecule has 5 nitrogen and oxygen atoms in total. The molecule has 20 heavy (non-hydrogen) atoms. The van der Waals surface area contributed by atoms with Crippen LogP contribution in [-0.4, -0.2) is 22.2 Å². The van der Waals surface area contributed by atoms with Gasteiger partial charge in [-0.2, -0.15) is 0 Å². The SMILES string of the molecule is O=C(NC1CCCC1CBr)c1cc(Cl)cc([N+](=O)[O-])c1. The molecule has 0 aliphatic heterocycles. The number of hydrogen-bond donors (Lipinski definition) is 1. The fourth-order valence-corrected chi connectivity index (χ4v) is 3.48. The van der Waals surface area contributed by atoms with Crippen LogP contribution in [0, 0.1) is 16.0 Å². The van der Waals surface area contributed by atoms with Gasteiger partial charge >= 0.3 is 0 Å². The third-order valence-electron chi connectivity index (χ3n) is 3.53. The second-order valence-electron chi connectivity index (χ2n) is 4.88. The smallest absolute Gasteiger partial charge is 0.271 e. The molecule has 2 atom stereocenters. The maximum absolute atomic E-state index is 12.2. The Bertz CT molecular complexity index is 538. The molecule has 1 N–H and O–H groups in total. The van der Waals surface area contributed by atoms with Crippen molar-refractivity contribution >= 4 is 39.1 Å². The summed E-state index contributed by atoms with van der Waals surface area (Å²) in [6.07, 6.45) is 3.09. The van der Waals surface area contributed by atoms with E-state index in [9.17, 15) is 14.9 Å². The van der Waals surface area contributed by atoms with Gasteiger partial charge in [-0.25, -0.2) is 0 Å². The lowest BCUT2D eigenvalue weighted by molar-refractivity contribution is -0.384. The summed E-state index contributed by atoms with van der Waals surface area (Å²) in [5, 5.41) is 14.7. The number of carbonyl (C=O) groups excluding carboxylic acids is 1. The lowest BCUT2D eigenvalue weighted by atomic mass is 10.1. The van der Waals surface area contributed by atoms with Gasteiger partial charge in [-0.15, -0.1) is 0 Å². The predicted molar refractivity (Wildman–Crippen MR) is 80.5 cm³/mol. The van der Waals surface area contributed by atoms with Crippen LogP contribution >= 0.6 is 27.5 Å². The Morgan fingerprint density at radius 1 is 1.45 bits per heavy atom. The maximum Gasteiger partial charge on any atom is 0.271 e. The molecule has 0 saturated heterocycles. The number of amides is 1. The maximum atomic E-state index is 12.2. The van der Waals surface area contributed by atoms with Crippen molar-refractivity contribution in [2.75, 3.05) is 5.33 Å². The van der Waals surface area contributed by atoms with Crippen molar-refractivity contribution in [3.63, 3.8) is 0 Å². The third kappa shape index (κ3) is 3.49. The largest absolute Gasteiger partial charge is 0.349 e. The van der Waals surface area contributed by atoms with Gasteiger partial charge in [0.2, 0.25) is 0 Å². The topological polar surface area (TPSA) is 72.2 Å². The Labute approximate surface area is 130 Å². The summed E-state index contributed by atoms with van der Waals surface area (Å²) in [5.41, 5.74) is 0.0514. The molecule has 0 radical (unpaired) electrons. The molecule has 1 fully saturated rings. The first kappa shape index (κ1) is 15.3. The average molecular weight is 362 g/mol. The van der Waals surface area contributed by atoms with Crippen LogP contribution in [0.15, 0.2) is 18.2 Å². The van der Waals surface area contributed by atoms with Gasteiger partial charge in [-0.1, -0.05) is 34.0 Å². The zero-order valence-corrected chi connectivity index (χ0v) is 13.0. The van der Waals surface area contributed by atoms with Crippen molar-refractivity contribution in [1.29, 1.82) is 0 Å². The Hall–Kier alpha value is -1.14. The van der Waals surface area contributed by atoms with E-state index in [0.717, 1.165) is 24.6 Å². The molecule has 0 aromatic heterocycles. The first-order valence-corrected chi connectivity index (χ1v) is 7.83. The summed E-state index contributed by atoms with van der Waals surface area (Å²) in [7, 11) is 0. The van der Waals surface area contributed by atoms with Crippen LogP contribution in [0.25, 0.3) is 0 Å². The first-order valence-electron chi connectivity index (χ1n) is 6.33. The van der Waals surface area contributed by atoms with E-state index in [-0.39, 0.29) is 28.2 Å². The number of nitrogens with zero attached hydrogens (tertiary/aromatic N) is 1. The molecule has 2 unspecified atom stereocenters. The van der Waals surface area contributed by atoms with E-state index in [2.05, 4.69) is 21.2 Å². The zero-order chi connectivity index (χ0) is 14.7. The molecule has 0 bridgehead atoms. The number of halogens is 2. The monoisotopic (exact) mass is 360 g/mol. The Morgan fingerprint density at radius 3 is 2.85 bits per heavy atom. The third-order valence-corrected chi connectivity index (χ3v) is 4.58. The van der Waals surface area contributed by atoms with E-state index in [1.165, 1.54) is 18.2 Å². The summed E-state index contributed by atoms with van der Waals surface area (Å²) in [5.74, 6) is 0.0987. The molecule has 1 aliphatic carbocycles. The van der Waals surface area contributed by atoms with Gasteiger partial charge in [0, 0.05) is 34.1 Å². The highest BCUT2D eigenvalue weighted by Gasteiger charge is 2.28. The summed E-state index contributed by atoms with van der Waals surface area (Å²) < 4.78 is 0. The fraction of sp³-hybridized carbons (Fsp3) is 0.462. The highest BCUT2D eigenvalue weighted by Crippen LogP contribution is 2.28. The fourth-order valence-electron chi connectivity index (χ4n) is 2.47. The highest BCUT2D eigenvalue weighted by molar-refractivity contribution is 9.09. The molecular weight excluding hydrogens is 348 g/mol. The molecule has 1 amide bonds. The molecule has 0 heterocycles. The Balaban J connectivity index is 2.15. The van der Waals surface area contributed by atoms with Gasteiger partial charge in [0.1, 0.15) is 0 Å². The summed E-state index contributed by atoms with van der Waals surface area (Å²) in [6.45, 7) is 0. The highest BCUT2D eigenvalue weighted by atomic mass is 79.9. The number of carbonyl (C=O) groups is 1. The zero-order valence-electron chi connectivity index (χ0n) is 10.6. The number of rotatable bonds is 4. The second kappa shape index (κ2) is 6.54. The Kier molecular flexibility index (Phi) is 4.99. The summed E-state index contributed by atoms with van der Waals surface area (Å²) in [4.78, 5) is 22.4. The van der Waals surface area contributed by atoms with Crippen molar-refractivity contribution < 1.29 is 9.72 Å². The van der Waals surface area contributed by atoms with Gasteiger partial charge in [-0.05, 0) is 24.8 Å². The molecular formula is C13H14BrClN2O3. The van der Waals surface area contributed by atoms with Gasteiger partial charge < -0.3 is 5.32 Å². The van der Waals surface area contributed by atoms with Crippen molar-refractivity contribution in [2.24, 2.45) is 5.92 Å². The number of nitrogens with one attached hydrogen (secondary N) is 1. The van der Waals surface area contributed by atoms with Gasteiger partial charge in [0.15, 0.2) is 0 Å². The van der Waals surface area contributed by atoms with Gasteiger partial charge in [0.25, 0.3) is 11.6 Å². The van der Waals surface area contributed by atoms with Crippen molar-refractivity contribution in [3.8, 4) is 0 Å². The minimum Gasteiger partial charge on any atom is -0.349 e. The van der Waals surface area contributed by atoms with E-state index in [1.54, 1.807) is 0 Å². The number of alkyl halides is 1. The molecule has 1 aromatic rings. The lowest BCUT2D eigenvalue weighted by Gasteiger charge is -2.19. The van der Waals surface area contributed by atoms with E-state index >= 15 is 0 Å². The minimum atomic E-state index is -0.556. The van der Waals surface area contributed by atoms with E-state index in [0.29, 0.717) is 5.92 Å². The molecule has 7 heteroatoms. The number of nitro groups is 1. The minimum absolute atomic E-state index is 0.111. The van der Waals surface area contributed by atoms with E-state index in [1.807, 2.05) is 0 Å². The molecule has 1 saturated carbocycles. The van der Waals surface area contributed by atoms with Crippen LogP contribution in [-0.2, 0) is 0 Å². The normalized spacial score (nSPS) is 21.7. The first-order chi connectivity index (χ1) is 9.51. The van der Waals surface area contributed by atoms with E-state index < -0.39 is 4.92 Å². The van der Waals surface area contributed by atoms with Gasteiger partial charge in [-0.3, -0.25) is 14.9 Å². The van der Waals surface area contributed by atoms with Crippen LogP contribution in [0.5, 0.6) is 0 Å². The van der Waals surface area contributed by atoms with Crippen LogP contribution in [0.3, 0.4) is 0 Å². The van der Waals surface area contributed by atoms with Crippen LogP contribution in [0.4, 0.5) is 5.69 Å². The lowest BCUT2D eigenvalue weighted by Crippen LogP contribution is -2.37. The molecule has 1 aliphatic rings. The van der Waals surface area contributed by atoms with Crippen LogP contribution in [0.1, 0.15) is 29.6 Å². The number of hydrogen-bond acceptors (Lipinski definition) is 3. The Morgan fingerprint density at radius 2 is 2.20 bits per heavy atom. The second-order valence-corrected chi connectivity index (χ2v) is 5.96. The molecule has 2 rings (SSSR count). The summed E-state index contributed by atoms with van der Waals surface area (Å²) >= 11 is 9.26. The molecule has 1 aromatic carbocycles. The quantitative estimate of drug-likeness (QED) is 0.506. The van der Waals surface area contributed by atoms with Crippen molar-refractivity contribution in [2.45, 2.75) is 25.3 Å². The number of nitro benzene ring substituents is 1. The molecule has 108 valence electrons. The van der Waals surface area contributed by atoms with Crippen LogP contribution in [0.2, 0.25) is 5.02 Å².